The Labute approximate surface area is 106 Å². The lowest BCUT2D eigenvalue weighted by molar-refractivity contribution is -0.385. The molecule has 0 aliphatic carbocycles. The van der Waals surface area contributed by atoms with Crippen molar-refractivity contribution < 1.29 is 9.66 Å². The van der Waals surface area contributed by atoms with Crippen molar-refractivity contribution >= 4 is 5.69 Å². The van der Waals surface area contributed by atoms with E-state index in [9.17, 15) is 10.1 Å². The summed E-state index contributed by atoms with van der Waals surface area (Å²) < 4.78 is 5.60. The average molecular weight is 250 g/mol. The fourth-order valence-corrected chi connectivity index (χ4v) is 2.17. The topological polar surface area (TPSA) is 64.4 Å². The third kappa shape index (κ3) is 3.51. The number of ether oxygens (including phenoxy) is 1. The molecule has 0 aromatic heterocycles. The monoisotopic (exact) mass is 250 g/mol. The lowest BCUT2D eigenvalue weighted by atomic mass is 10.1. The maximum atomic E-state index is 10.8. The van der Waals surface area contributed by atoms with E-state index in [4.69, 9.17) is 4.74 Å². The van der Waals surface area contributed by atoms with Crippen LogP contribution in [0.25, 0.3) is 0 Å². The molecule has 1 heterocycles. The van der Waals surface area contributed by atoms with Crippen LogP contribution in [0.4, 0.5) is 5.69 Å². The molecule has 0 saturated carbocycles. The summed E-state index contributed by atoms with van der Waals surface area (Å²) in [7, 11) is 0. The van der Waals surface area contributed by atoms with E-state index in [1.165, 1.54) is 12.5 Å². The van der Waals surface area contributed by atoms with E-state index in [0.29, 0.717) is 6.54 Å². The van der Waals surface area contributed by atoms with Gasteiger partial charge in [0, 0.05) is 31.3 Å². The predicted octanol–water partition coefficient (Wildman–Crippen LogP) is 2.25. The summed E-state index contributed by atoms with van der Waals surface area (Å²) in [6.07, 6.45) is 3.67. The molecule has 1 aliphatic rings. The van der Waals surface area contributed by atoms with Gasteiger partial charge in [-0.15, -0.1) is 0 Å². The molecular formula is C13H18N2O3. The molecule has 0 spiro atoms. The van der Waals surface area contributed by atoms with Crippen molar-refractivity contribution in [3.63, 3.8) is 0 Å². The van der Waals surface area contributed by atoms with Crippen LogP contribution >= 0.6 is 0 Å². The second-order valence-corrected chi connectivity index (χ2v) is 4.51. The summed E-state index contributed by atoms with van der Waals surface area (Å²) in [6.45, 7) is 2.10. The third-order valence-electron chi connectivity index (χ3n) is 3.15. The summed E-state index contributed by atoms with van der Waals surface area (Å²) in [5.41, 5.74) is 0.896. The Balaban J connectivity index is 1.84. The van der Waals surface area contributed by atoms with E-state index >= 15 is 0 Å². The first-order valence-corrected chi connectivity index (χ1v) is 6.32. The van der Waals surface area contributed by atoms with E-state index in [0.717, 1.165) is 31.6 Å². The molecule has 98 valence electrons. The predicted molar refractivity (Wildman–Crippen MR) is 68.4 cm³/mol. The van der Waals surface area contributed by atoms with Crippen LogP contribution in [0.1, 0.15) is 24.8 Å². The Kier molecular flexibility index (Phi) is 4.66. The SMILES string of the molecule is O=[N+]([O-])c1ccccc1CNCC1CCCCO1. The molecule has 1 unspecified atom stereocenters. The molecule has 2 rings (SSSR count). The van der Waals surface area contributed by atoms with Gasteiger partial charge in [-0.2, -0.15) is 0 Å². The number of rotatable bonds is 5. The molecule has 1 N–H and O–H groups in total. The van der Waals surface area contributed by atoms with Gasteiger partial charge in [-0.1, -0.05) is 18.2 Å². The zero-order valence-corrected chi connectivity index (χ0v) is 10.3. The molecule has 1 aliphatic heterocycles. The first-order valence-electron chi connectivity index (χ1n) is 6.32. The quantitative estimate of drug-likeness (QED) is 0.643. The molecule has 0 amide bonds. The zero-order chi connectivity index (χ0) is 12.8. The van der Waals surface area contributed by atoms with E-state index in [1.807, 2.05) is 6.07 Å². The van der Waals surface area contributed by atoms with Gasteiger partial charge in [-0.25, -0.2) is 0 Å². The van der Waals surface area contributed by atoms with Crippen LogP contribution in [-0.4, -0.2) is 24.2 Å². The molecule has 1 atom stereocenters. The average Bonchev–Trinajstić information content (AvgIpc) is 2.40. The highest BCUT2D eigenvalue weighted by Crippen LogP contribution is 2.17. The molecule has 5 heteroatoms. The Hall–Kier alpha value is -1.46. The zero-order valence-electron chi connectivity index (χ0n) is 10.3. The van der Waals surface area contributed by atoms with Crippen molar-refractivity contribution in [2.45, 2.75) is 31.9 Å². The van der Waals surface area contributed by atoms with Gasteiger partial charge >= 0.3 is 0 Å². The molecule has 1 saturated heterocycles. The van der Waals surface area contributed by atoms with Crippen LogP contribution in [-0.2, 0) is 11.3 Å². The van der Waals surface area contributed by atoms with E-state index in [1.54, 1.807) is 12.1 Å². The van der Waals surface area contributed by atoms with E-state index < -0.39 is 0 Å². The van der Waals surface area contributed by atoms with Crippen LogP contribution in [0.5, 0.6) is 0 Å². The van der Waals surface area contributed by atoms with Crippen LogP contribution in [0, 0.1) is 10.1 Å². The summed E-state index contributed by atoms with van der Waals surface area (Å²) >= 11 is 0. The highest BCUT2D eigenvalue weighted by Gasteiger charge is 2.15. The smallest absolute Gasteiger partial charge is 0.273 e. The van der Waals surface area contributed by atoms with Gasteiger partial charge in [0.2, 0.25) is 0 Å². The van der Waals surface area contributed by atoms with Gasteiger partial charge in [0.1, 0.15) is 0 Å². The maximum absolute atomic E-state index is 10.8. The Morgan fingerprint density at radius 3 is 2.94 bits per heavy atom. The third-order valence-corrected chi connectivity index (χ3v) is 3.15. The van der Waals surface area contributed by atoms with Crippen molar-refractivity contribution in [1.29, 1.82) is 0 Å². The Morgan fingerprint density at radius 2 is 2.22 bits per heavy atom. The summed E-state index contributed by atoms with van der Waals surface area (Å²) in [4.78, 5) is 10.5. The van der Waals surface area contributed by atoms with Gasteiger partial charge in [0.25, 0.3) is 5.69 Å². The Bertz CT molecular complexity index is 403. The van der Waals surface area contributed by atoms with Crippen molar-refractivity contribution in [2.75, 3.05) is 13.2 Å². The van der Waals surface area contributed by atoms with Gasteiger partial charge in [0.05, 0.1) is 11.0 Å². The first kappa shape index (κ1) is 13.0. The molecule has 0 bridgehead atoms. The van der Waals surface area contributed by atoms with E-state index in [2.05, 4.69) is 5.32 Å². The van der Waals surface area contributed by atoms with Gasteiger partial charge < -0.3 is 10.1 Å². The van der Waals surface area contributed by atoms with Gasteiger partial charge in [-0.3, -0.25) is 10.1 Å². The fourth-order valence-electron chi connectivity index (χ4n) is 2.17. The minimum absolute atomic E-state index is 0.176. The fraction of sp³-hybridized carbons (Fsp3) is 0.538. The molecular weight excluding hydrogens is 232 g/mol. The molecule has 0 radical (unpaired) electrons. The molecule has 1 aromatic rings. The van der Waals surface area contributed by atoms with Crippen LogP contribution < -0.4 is 5.32 Å². The lowest BCUT2D eigenvalue weighted by Gasteiger charge is -2.22. The first-order chi connectivity index (χ1) is 8.77. The number of benzene rings is 1. The number of nitrogens with zero attached hydrogens (tertiary/aromatic N) is 1. The lowest BCUT2D eigenvalue weighted by Crippen LogP contribution is -2.31. The van der Waals surface area contributed by atoms with Gasteiger partial charge in [-0.05, 0) is 19.3 Å². The minimum atomic E-state index is -0.339. The summed E-state index contributed by atoms with van der Waals surface area (Å²) in [6, 6.07) is 6.83. The number of nitrogens with one attached hydrogen (secondary N) is 1. The largest absolute Gasteiger partial charge is 0.377 e. The summed E-state index contributed by atoms with van der Waals surface area (Å²) in [5, 5.41) is 14.1. The van der Waals surface area contributed by atoms with Gasteiger partial charge in [0.15, 0.2) is 0 Å². The molecule has 18 heavy (non-hydrogen) atoms. The van der Waals surface area contributed by atoms with Crippen LogP contribution in [0.3, 0.4) is 0 Å². The van der Waals surface area contributed by atoms with E-state index in [-0.39, 0.29) is 16.7 Å². The second kappa shape index (κ2) is 6.47. The highest BCUT2D eigenvalue weighted by molar-refractivity contribution is 5.39. The second-order valence-electron chi connectivity index (χ2n) is 4.51. The standard InChI is InChI=1S/C13H18N2O3/c16-15(17)13-7-2-1-5-11(13)9-14-10-12-6-3-4-8-18-12/h1-2,5,7,12,14H,3-4,6,8-10H2. The molecule has 1 fully saturated rings. The van der Waals surface area contributed by atoms with Crippen molar-refractivity contribution in [3.8, 4) is 0 Å². The number of nitro groups is 1. The van der Waals surface area contributed by atoms with Crippen molar-refractivity contribution in [2.24, 2.45) is 0 Å². The number of para-hydroxylation sites is 1. The normalized spacial score (nSPS) is 19.7. The van der Waals surface area contributed by atoms with Crippen LogP contribution in [0.2, 0.25) is 0 Å². The van der Waals surface area contributed by atoms with Crippen molar-refractivity contribution in [3.05, 3.63) is 39.9 Å². The molecule has 5 nitrogen and oxygen atoms in total. The molecule has 1 aromatic carbocycles. The maximum Gasteiger partial charge on any atom is 0.273 e. The van der Waals surface area contributed by atoms with Crippen molar-refractivity contribution in [1.82, 2.24) is 5.32 Å². The summed E-state index contributed by atoms with van der Waals surface area (Å²) in [5.74, 6) is 0. The number of hydrogen-bond acceptors (Lipinski definition) is 4. The number of nitro benzene ring substituents is 1. The highest BCUT2D eigenvalue weighted by atomic mass is 16.6. The van der Waals surface area contributed by atoms with Crippen LogP contribution in [0.15, 0.2) is 24.3 Å². The Morgan fingerprint density at radius 1 is 1.39 bits per heavy atom. The minimum Gasteiger partial charge on any atom is -0.377 e. The number of hydrogen-bond donors (Lipinski definition) is 1.